The molecule has 1 fully saturated rings. The number of hydrogen-bond acceptors (Lipinski definition) is 3. The number of halogens is 1. The molecular weight excluding hydrogens is 231 g/mol. The number of aliphatic hydroxyl groups excluding tert-OH is 1. The topological polar surface area (TPSA) is 35.5 Å². The first-order valence-electron chi connectivity index (χ1n) is 6.47. The molecule has 0 spiro atoms. The predicted octanol–water partition coefficient (Wildman–Crippen LogP) is 1.20. The molecule has 2 N–H and O–H groups in total. The smallest absolute Gasteiger partial charge is 0.123 e. The van der Waals surface area contributed by atoms with Gasteiger partial charge in [-0.2, -0.15) is 0 Å². The van der Waals surface area contributed by atoms with Crippen molar-refractivity contribution in [3.63, 3.8) is 0 Å². The lowest BCUT2D eigenvalue weighted by Crippen LogP contribution is -2.47. The molecule has 1 aromatic carbocycles. The van der Waals surface area contributed by atoms with E-state index in [0.717, 1.165) is 19.5 Å². The maximum absolute atomic E-state index is 12.9. The van der Waals surface area contributed by atoms with Crippen LogP contribution in [0.5, 0.6) is 0 Å². The zero-order valence-electron chi connectivity index (χ0n) is 10.8. The SMILES string of the molecule is CN1CC(NCCO)CC(c2ccc(F)cc2)C1. The first kappa shape index (κ1) is 13.5. The Morgan fingerprint density at radius 1 is 1.33 bits per heavy atom. The highest BCUT2D eigenvalue weighted by Crippen LogP contribution is 2.26. The minimum absolute atomic E-state index is 0.168. The van der Waals surface area contributed by atoms with Crippen molar-refractivity contribution in [2.45, 2.75) is 18.4 Å². The molecule has 3 nitrogen and oxygen atoms in total. The van der Waals surface area contributed by atoms with Crippen LogP contribution in [0.1, 0.15) is 17.9 Å². The van der Waals surface area contributed by atoms with Crippen LogP contribution in [0.4, 0.5) is 4.39 Å². The Hall–Kier alpha value is -0.970. The van der Waals surface area contributed by atoms with Gasteiger partial charge in [0.05, 0.1) is 6.61 Å². The molecule has 2 rings (SSSR count). The van der Waals surface area contributed by atoms with Gasteiger partial charge in [0.1, 0.15) is 5.82 Å². The quantitative estimate of drug-likeness (QED) is 0.845. The molecule has 2 unspecified atom stereocenters. The van der Waals surface area contributed by atoms with E-state index in [1.165, 1.54) is 17.7 Å². The Balaban J connectivity index is 2.01. The number of aliphatic hydroxyl groups is 1. The van der Waals surface area contributed by atoms with Crippen molar-refractivity contribution in [2.75, 3.05) is 33.3 Å². The Labute approximate surface area is 108 Å². The van der Waals surface area contributed by atoms with Crippen LogP contribution in [-0.4, -0.2) is 49.3 Å². The molecular formula is C14H21FN2O. The van der Waals surface area contributed by atoms with Crippen molar-refractivity contribution in [2.24, 2.45) is 0 Å². The zero-order valence-corrected chi connectivity index (χ0v) is 10.8. The maximum atomic E-state index is 12.9. The Morgan fingerprint density at radius 3 is 2.72 bits per heavy atom. The van der Waals surface area contributed by atoms with Crippen LogP contribution in [0.15, 0.2) is 24.3 Å². The highest BCUT2D eigenvalue weighted by Gasteiger charge is 2.25. The van der Waals surface area contributed by atoms with Crippen molar-refractivity contribution >= 4 is 0 Å². The number of hydrogen-bond donors (Lipinski definition) is 2. The lowest BCUT2D eigenvalue weighted by molar-refractivity contribution is 0.194. The number of rotatable bonds is 4. The lowest BCUT2D eigenvalue weighted by atomic mass is 9.88. The second-order valence-electron chi connectivity index (χ2n) is 5.08. The molecule has 1 saturated heterocycles. The fraction of sp³-hybridized carbons (Fsp3) is 0.571. The molecule has 0 aromatic heterocycles. The molecule has 1 aliphatic heterocycles. The van der Waals surface area contributed by atoms with Crippen LogP contribution in [-0.2, 0) is 0 Å². The summed E-state index contributed by atoms with van der Waals surface area (Å²) in [4.78, 5) is 2.28. The normalized spacial score (nSPS) is 25.3. The molecule has 0 radical (unpaired) electrons. The molecule has 100 valence electrons. The number of piperidine rings is 1. The maximum Gasteiger partial charge on any atom is 0.123 e. The van der Waals surface area contributed by atoms with Crippen LogP contribution in [0.3, 0.4) is 0 Å². The first-order chi connectivity index (χ1) is 8.69. The van der Waals surface area contributed by atoms with E-state index in [2.05, 4.69) is 17.3 Å². The van der Waals surface area contributed by atoms with E-state index in [9.17, 15) is 4.39 Å². The second kappa shape index (κ2) is 6.27. The fourth-order valence-electron chi connectivity index (χ4n) is 2.71. The average molecular weight is 252 g/mol. The first-order valence-corrected chi connectivity index (χ1v) is 6.47. The van der Waals surface area contributed by atoms with E-state index >= 15 is 0 Å². The van der Waals surface area contributed by atoms with Gasteiger partial charge in [0.15, 0.2) is 0 Å². The van der Waals surface area contributed by atoms with Gasteiger partial charge in [0, 0.05) is 25.7 Å². The molecule has 2 atom stereocenters. The van der Waals surface area contributed by atoms with Crippen molar-refractivity contribution in [1.29, 1.82) is 0 Å². The Bertz CT molecular complexity index is 369. The Kier molecular flexibility index (Phi) is 4.69. The van der Waals surface area contributed by atoms with Gasteiger partial charge in [0.25, 0.3) is 0 Å². The second-order valence-corrected chi connectivity index (χ2v) is 5.08. The van der Waals surface area contributed by atoms with Crippen LogP contribution >= 0.6 is 0 Å². The summed E-state index contributed by atoms with van der Waals surface area (Å²) in [6, 6.07) is 7.20. The Morgan fingerprint density at radius 2 is 2.06 bits per heavy atom. The number of likely N-dealkylation sites (tertiary alicyclic amines) is 1. The summed E-state index contributed by atoms with van der Waals surface area (Å²) in [5.41, 5.74) is 1.19. The van der Waals surface area contributed by atoms with Crippen LogP contribution in [0.2, 0.25) is 0 Å². The largest absolute Gasteiger partial charge is 0.395 e. The van der Waals surface area contributed by atoms with Crippen LogP contribution in [0.25, 0.3) is 0 Å². The summed E-state index contributed by atoms with van der Waals surface area (Å²) >= 11 is 0. The summed E-state index contributed by atoms with van der Waals surface area (Å²) in [6.07, 6.45) is 1.04. The monoisotopic (exact) mass is 252 g/mol. The zero-order chi connectivity index (χ0) is 13.0. The third kappa shape index (κ3) is 3.51. The minimum atomic E-state index is -0.183. The average Bonchev–Trinajstić information content (AvgIpc) is 2.36. The third-order valence-corrected chi connectivity index (χ3v) is 3.52. The number of nitrogens with zero attached hydrogens (tertiary/aromatic N) is 1. The van der Waals surface area contributed by atoms with Crippen molar-refractivity contribution in [1.82, 2.24) is 10.2 Å². The number of benzene rings is 1. The standard InChI is InChI=1S/C14H21FN2O/c1-17-9-12(8-14(10-17)16-6-7-18)11-2-4-13(15)5-3-11/h2-5,12,14,16,18H,6-10H2,1H3. The molecule has 18 heavy (non-hydrogen) atoms. The van der Waals surface area contributed by atoms with E-state index in [-0.39, 0.29) is 12.4 Å². The van der Waals surface area contributed by atoms with E-state index < -0.39 is 0 Å². The van der Waals surface area contributed by atoms with E-state index in [1.54, 1.807) is 0 Å². The molecule has 0 saturated carbocycles. The lowest BCUT2D eigenvalue weighted by Gasteiger charge is -2.36. The number of nitrogens with one attached hydrogen (secondary N) is 1. The van der Waals surface area contributed by atoms with Gasteiger partial charge in [-0.3, -0.25) is 0 Å². The molecule has 1 aromatic rings. The van der Waals surface area contributed by atoms with E-state index in [0.29, 0.717) is 18.5 Å². The highest BCUT2D eigenvalue weighted by atomic mass is 19.1. The molecule has 0 amide bonds. The van der Waals surface area contributed by atoms with E-state index in [1.807, 2.05) is 12.1 Å². The summed E-state index contributed by atoms with van der Waals surface area (Å²) in [5.74, 6) is 0.249. The van der Waals surface area contributed by atoms with E-state index in [4.69, 9.17) is 5.11 Å². The van der Waals surface area contributed by atoms with Gasteiger partial charge in [-0.15, -0.1) is 0 Å². The van der Waals surface area contributed by atoms with Crippen LogP contribution in [0, 0.1) is 5.82 Å². The summed E-state index contributed by atoms with van der Waals surface area (Å²) in [7, 11) is 2.10. The van der Waals surface area contributed by atoms with Crippen molar-refractivity contribution in [3.8, 4) is 0 Å². The molecule has 4 heteroatoms. The van der Waals surface area contributed by atoms with Gasteiger partial charge in [-0.1, -0.05) is 12.1 Å². The predicted molar refractivity (Wildman–Crippen MR) is 70.1 cm³/mol. The molecule has 1 aliphatic rings. The van der Waals surface area contributed by atoms with Gasteiger partial charge >= 0.3 is 0 Å². The summed E-state index contributed by atoms with van der Waals surface area (Å²) in [6.45, 7) is 2.80. The highest BCUT2D eigenvalue weighted by molar-refractivity contribution is 5.22. The molecule has 0 bridgehead atoms. The van der Waals surface area contributed by atoms with Crippen LogP contribution < -0.4 is 5.32 Å². The minimum Gasteiger partial charge on any atom is -0.395 e. The van der Waals surface area contributed by atoms with Gasteiger partial charge in [-0.05, 0) is 37.1 Å². The third-order valence-electron chi connectivity index (χ3n) is 3.52. The van der Waals surface area contributed by atoms with Crippen molar-refractivity contribution < 1.29 is 9.50 Å². The molecule has 0 aliphatic carbocycles. The van der Waals surface area contributed by atoms with Crippen molar-refractivity contribution in [3.05, 3.63) is 35.6 Å². The van der Waals surface area contributed by atoms with Gasteiger partial charge < -0.3 is 15.3 Å². The molecule has 1 heterocycles. The fourth-order valence-corrected chi connectivity index (χ4v) is 2.71. The number of likely N-dealkylation sites (N-methyl/N-ethyl adjacent to an activating group) is 1. The van der Waals surface area contributed by atoms with Gasteiger partial charge in [-0.25, -0.2) is 4.39 Å². The summed E-state index contributed by atoms with van der Waals surface area (Å²) < 4.78 is 12.9. The van der Waals surface area contributed by atoms with Gasteiger partial charge in [0.2, 0.25) is 0 Å². The summed E-state index contributed by atoms with van der Waals surface area (Å²) in [5, 5.41) is 12.2.